The molecule has 0 aromatic carbocycles. The van der Waals surface area contributed by atoms with Gasteiger partial charge in [0.1, 0.15) is 0 Å². The van der Waals surface area contributed by atoms with E-state index < -0.39 is 0 Å². The smallest absolute Gasteiger partial charge is 0.0433 e. The van der Waals surface area contributed by atoms with Crippen molar-refractivity contribution in [3.05, 3.63) is 0 Å². The van der Waals surface area contributed by atoms with Crippen molar-refractivity contribution in [2.75, 3.05) is 0 Å². The molecule has 100 valence electrons. The molecule has 1 aliphatic carbocycles. The Hall–Kier alpha value is -0.0400. The van der Waals surface area contributed by atoms with Crippen LogP contribution < -0.4 is 5.73 Å². The summed E-state index contributed by atoms with van der Waals surface area (Å²) in [6.45, 7) is 0. The molecule has 0 saturated heterocycles. The second-order valence-electron chi connectivity index (χ2n) is 5.83. The van der Waals surface area contributed by atoms with Crippen LogP contribution in [-0.4, -0.2) is 6.04 Å². The van der Waals surface area contributed by atoms with Crippen LogP contribution in [-0.2, 0) is 0 Å². The lowest BCUT2D eigenvalue weighted by atomic mass is 9.99. The number of nitrogens with zero attached hydrogens (tertiary/aromatic N) is 1. The molecule has 0 bridgehead atoms. The van der Waals surface area contributed by atoms with Crippen LogP contribution in [0.2, 0.25) is 0 Å². The predicted octanol–water partition coefficient (Wildman–Crippen LogP) is 5.29. The first-order valence-corrected chi connectivity index (χ1v) is 8.07. The minimum absolute atomic E-state index is 0.0112. The molecule has 0 unspecified atom stereocenters. The third kappa shape index (κ3) is 9.64. The lowest BCUT2D eigenvalue weighted by Crippen LogP contribution is -2.08. The molecule has 1 aliphatic rings. The number of hydrogen-bond acceptors (Lipinski definition) is 0. The van der Waals surface area contributed by atoms with E-state index in [1.165, 1.54) is 83.5 Å². The summed E-state index contributed by atoms with van der Waals surface area (Å²) in [6, 6.07) is -0.0112. The molecule has 1 rings (SSSR count). The van der Waals surface area contributed by atoms with Crippen molar-refractivity contribution in [1.82, 2.24) is 5.73 Å². The van der Waals surface area contributed by atoms with E-state index >= 15 is 0 Å². The van der Waals surface area contributed by atoms with E-state index in [0.29, 0.717) is 0 Å². The van der Waals surface area contributed by atoms with Gasteiger partial charge < -0.3 is 0 Å². The van der Waals surface area contributed by atoms with Gasteiger partial charge >= 0.3 is 0 Å². The molecule has 1 saturated carbocycles. The van der Waals surface area contributed by atoms with Crippen LogP contribution in [0.5, 0.6) is 0 Å². The first-order valence-electron chi connectivity index (χ1n) is 8.07. The molecule has 0 atom stereocenters. The van der Waals surface area contributed by atoms with Crippen LogP contribution in [0.25, 0.3) is 0 Å². The van der Waals surface area contributed by atoms with Gasteiger partial charge in [0, 0.05) is 6.04 Å². The molecule has 0 amide bonds. The summed E-state index contributed by atoms with van der Waals surface area (Å²) >= 11 is 0. The largest absolute Gasteiger partial charge is 0.141 e. The van der Waals surface area contributed by atoms with E-state index in [9.17, 15) is 5.73 Å². The van der Waals surface area contributed by atoms with Gasteiger partial charge in [-0.25, -0.2) is 0 Å². The third-order valence-electron chi connectivity index (χ3n) is 4.07. The average molecular weight is 237 g/mol. The quantitative estimate of drug-likeness (QED) is 0.546. The van der Waals surface area contributed by atoms with Gasteiger partial charge in [0.15, 0.2) is 0 Å². The fourth-order valence-corrected chi connectivity index (χ4v) is 2.85. The molecular formula is C16H31N. The Morgan fingerprint density at radius 2 is 0.647 bits per heavy atom. The maximum absolute atomic E-state index is 9.82. The molecule has 1 fully saturated rings. The van der Waals surface area contributed by atoms with E-state index in [4.69, 9.17) is 0 Å². The topological polar surface area (TPSA) is 22.3 Å². The van der Waals surface area contributed by atoms with Gasteiger partial charge in [-0.2, -0.15) is 0 Å². The summed E-state index contributed by atoms with van der Waals surface area (Å²) in [6.07, 6.45) is 20.0. The summed E-state index contributed by atoms with van der Waals surface area (Å²) < 4.78 is 0. The molecule has 17 heavy (non-hydrogen) atoms. The fourth-order valence-electron chi connectivity index (χ4n) is 2.85. The molecule has 0 aliphatic heterocycles. The predicted molar refractivity (Wildman–Crippen MR) is 75.2 cm³/mol. The zero-order chi connectivity index (χ0) is 12.2. The van der Waals surface area contributed by atoms with Crippen molar-refractivity contribution in [2.24, 2.45) is 0 Å². The van der Waals surface area contributed by atoms with E-state index in [0.717, 1.165) is 12.8 Å². The maximum Gasteiger partial charge on any atom is 0.0433 e. The highest BCUT2D eigenvalue weighted by molar-refractivity contribution is 4.61. The van der Waals surface area contributed by atoms with Crippen molar-refractivity contribution in [2.45, 2.75) is 102 Å². The Labute approximate surface area is 109 Å². The van der Waals surface area contributed by atoms with Gasteiger partial charge in [-0.1, -0.05) is 83.5 Å². The Morgan fingerprint density at radius 3 is 0.941 bits per heavy atom. The fraction of sp³-hybridized carbons (Fsp3) is 1.00. The monoisotopic (exact) mass is 237 g/mol. The second kappa shape index (κ2) is 11.1. The molecule has 1 heteroatoms. The summed E-state index contributed by atoms with van der Waals surface area (Å²) in [5, 5.41) is 0. The minimum atomic E-state index is -0.0112. The minimum Gasteiger partial charge on any atom is -0.141 e. The van der Waals surface area contributed by atoms with Gasteiger partial charge in [0.2, 0.25) is 0 Å². The second-order valence-corrected chi connectivity index (χ2v) is 5.83. The summed E-state index contributed by atoms with van der Waals surface area (Å²) in [7, 11) is 0. The first-order chi connectivity index (χ1) is 8.39. The molecule has 0 N–H and O–H groups in total. The molecule has 0 spiro atoms. The average Bonchev–Trinajstić information content (AvgIpc) is 2.32. The van der Waals surface area contributed by atoms with Crippen molar-refractivity contribution in [3.63, 3.8) is 0 Å². The van der Waals surface area contributed by atoms with Crippen LogP contribution >= 0.6 is 0 Å². The van der Waals surface area contributed by atoms with Gasteiger partial charge in [-0.3, -0.25) is 0 Å². The Bertz CT molecular complexity index is 140. The summed E-state index contributed by atoms with van der Waals surface area (Å²) in [5.41, 5.74) is 9.82. The van der Waals surface area contributed by atoms with Crippen LogP contribution in [0.3, 0.4) is 0 Å². The van der Waals surface area contributed by atoms with Crippen LogP contribution in [0, 0.1) is 0 Å². The molecule has 2 radical (unpaired) electrons. The summed E-state index contributed by atoms with van der Waals surface area (Å²) in [4.78, 5) is 0. The first kappa shape index (κ1) is 15.0. The van der Waals surface area contributed by atoms with Crippen molar-refractivity contribution in [3.8, 4) is 0 Å². The molecular weight excluding hydrogens is 206 g/mol. The number of hydrogen-bond donors (Lipinski definition) is 0. The lowest BCUT2D eigenvalue weighted by molar-refractivity contribution is 0.464. The molecule has 0 heterocycles. The highest BCUT2D eigenvalue weighted by Crippen LogP contribution is 2.16. The van der Waals surface area contributed by atoms with E-state index in [1.807, 2.05) is 0 Å². The Morgan fingerprint density at radius 1 is 0.412 bits per heavy atom. The highest BCUT2D eigenvalue weighted by Gasteiger charge is 2.04. The van der Waals surface area contributed by atoms with Crippen LogP contribution in [0.15, 0.2) is 0 Å². The number of rotatable bonds is 0. The van der Waals surface area contributed by atoms with E-state index in [-0.39, 0.29) is 6.04 Å². The van der Waals surface area contributed by atoms with Crippen LogP contribution in [0.1, 0.15) is 96.3 Å². The SMILES string of the molecule is [N]C1CCCCCCCCCCCCCCC1. The maximum atomic E-state index is 9.82. The lowest BCUT2D eigenvalue weighted by Gasteiger charge is -2.10. The Kier molecular flexibility index (Phi) is 9.78. The van der Waals surface area contributed by atoms with E-state index in [1.54, 1.807) is 0 Å². The van der Waals surface area contributed by atoms with Crippen molar-refractivity contribution in [1.29, 1.82) is 0 Å². The van der Waals surface area contributed by atoms with Gasteiger partial charge in [0.25, 0.3) is 0 Å². The summed E-state index contributed by atoms with van der Waals surface area (Å²) in [5.74, 6) is 0. The Balaban J connectivity index is 2.09. The van der Waals surface area contributed by atoms with Gasteiger partial charge in [-0.05, 0) is 12.8 Å². The standard InChI is InChI=1S/C16H31N/c17-16-14-12-10-8-6-4-2-1-3-5-7-9-11-13-15-16/h16H,1-15H2. The molecule has 0 aromatic heterocycles. The highest BCUT2D eigenvalue weighted by atomic mass is 14.6. The third-order valence-corrected chi connectivity index (χ3v) is 4.07. The normalized spacial score (nSPS) is 24.5. The van der Waals surface area contributed by atoms with Gasteiger partial charge in [-0.15, -0.1) is 5.73 Å². The van der Waals surface area contributed by atoms with Crippen molar-refractivity contribution >= 4 is 0 Å². The van der Waals surface area contributed by atoms with E-state index in [2.05, 4.69) is 0 Å². The zero-order valence-corrected chi connectivity index (χ0v) is 11.6. The molecule has 0 aromatic rings. The zero-order valence-electron chi connectivity index (χ0n) is 11.6. The van der Waals surface area contributed by atoms with Gasteiger partial charge in [0.05, 0.1) is 0 Å². The van der Waals surface area contributed by atoms with Crippen LogP contribution in [0.4, 0.5) is 0 Å². The molecule has 1 nitrogen and oxygen atoms in total. The van der Waals surface area contributed by atoms with Crippen molar-refractivity contribution < 1.29 is 0 Å².